The highest BCUT2D eigenvalue weighted by molar-refractivity contribution is 6.08. The van der Waals surface area contributed by atoms with Crippen molar-refractivity contribution in [2.24, 2.45) is 7.05 Å². The molecule has 9 heteroatoms. The topological polar surface area (TPSA) is 85.9 Å². The van der Waals surface area contributed by atoms with E-state index in [-0.39, 0.29) is 5.91 Å². The van der Waals surface area contributed by atoms with E-state index in [2.05, 4.69) is 33.7 Å². The van der Waals surface area contributed by atoms with E-state index in [1.165, 1.54) is 0 Å². The van der Waals surface area contributed by atoms with Crippen LogP contribution in [0.15, 0.2) is 54.9 Å². The van der Waals surface area contributed by atoms with E-state index in [1.54, 1.807) is 14.2 Å². The number of carbonyl (C=O) groups excluding carboxylic acids is 1. The molecule has 1 amide bonds. The maximum Gasteiger partial charge on any atom is 0.272 e. The summed E-state index contributed by atoms with van der Waals surface area (Å²) in [5, 5.41) is 3.93. The first-order valence-corrected chi connectivity index (χ1v) is 14.4. The van der Waals surface area contributed by atoms with Crippen molar-refractivity contribution in [2.75, 3.05) is 33.6 Å². The number of hydrogen-bond donors (Lipinski definition) is 1. The lowest BCUT2D eigenvalue weighted by Gasteiger charge is -2.32. The number of imidazole rings is 1. The van der Waals surface area contributed by atoms with Crippen LogP contribution in [0.5, 0.6) is 11.5 Å². The standard InChI is InChI=1S/C33H38N6O3/c1-20-31-30(36-32(39(31)17-16-34-20)21-10-13-23(14-11-21)37(2)3)22-12-15-25(29(18-22)42-6)35-33(40)27-19-24-26(38(27)4)8-7-9-28(24)41-5/h7-9,12,15-19,21,23H,10-11,13-14H2,1-6H3,(H,35,40)/t21-,23-. The molecule has 9 nitrogen and oxygen atoms in total. The van der Waals surface area contributed by atoms with Crippen molar-refractivity contribution in [3.05, 3.63) is 72.1 Å². The van der Waals surface area contributed by atoms with Gasteiger partial charge in [0, 0.05) is 42.4 Å². The molecule has 0 atom stereocenters. The minimum Gasteiger partial charge on any atom is -0.496 e. The highest BCUT2D eigenvalue weighted by Crippen LogP contribution is 2.39. The average Bonchev–Trinajstić information content (AvgIpc) is 3.56. The van der Waals surface area contributed by atoms with Gasteiger partial charge >= 0.3 is 0 Å². The van der Waals surface area contributed by atoms with Gasteiger partial charge in [-0.15, -0.1) is 0 Å². The summed E-state index contributed by atoms with van der Waals surface area (Å²) in [5.74, 6) is 2.54. The summed E-state index contributed by atoms with van der Waals surface area (Å²) in [7, 11) is 9.46. The summed E-state index contributed by atoms with van der Waals surface area (Å²) >= 11 is 0. The first-order valence-electron chi connectivity index (χ1n) is 14.4. The zero-order chi connectivity index (χ0) is 29.5. The first kappa shape index (κ1) is 27.8. The molecule has 2 aromatic carbocycles. The molecule has 0 spiro atoms. The van der Waals surface area contributed by atoms with Crippen molar-refractivity contribution in [3.63, 3.8) is 0 Å². The van der Waals surface area contributed by atoms with Gasteiger partial charge in [0.1, 0.15) is 23.0 Å². The molecule has 3 aromatic heterocycles. The molecular weight excluding hydrogens is 528 g/mol. The van der Waals surface area contributed by atoms with E-state index in [0.29, 0.717) is 29.1 Å². The summed E-state index contributed by atoms with van der Waals surface area (Å²) in [4.78, 5) is 25.6. The second-order valence-electron chi connectivity index (χ2n) is 11.4. The third-order valence-electron chi connectivity index (χ3n) is 8.78. The molecule has 0 unspecified atom stereocenters. The molecule has 3 heterocycles. The van der Waals surface area contributed by atoms with Crippen LogP contribution in [0.3, 0.4) is 0 Å². The maximum absolute atomic E-state index is 13.4. The van der Waals surface area contributed by atoms with Gasteiger partial charge in [0.2, 0.25) is 0 Å². The van der Waals surface area contributed by atoms with Crippen LogP contribution in [0.25, 0.3) is 27.7 Å². The molecular formula is C33H38N6O3. The van der Waals surface area contributed by atoms with E-state index in [1.807, 2.05) is 73.4 Å². The van der Waals surface area contributed by atoms with Crippen molar-refractivity contribution in [1.29, 1.82) is 0 Å². The number of fused-ring (bicyclic) bond motifs is 2. The lowest BCUT2D eigenvalue weighted by Crippen LogP contribution is -2.32. The first-order chi connectivity index (χ1) is 20.3. The highest BCUT2D eigenvalue weighted by Gasteiger charge is 2.28. The van der Waals surface area contributed by atoms with Crippen molar-refractivity contribution < 1.29 is 14.3 Å². The number of ether oxygens (including phenoxy) is 2. The lowest BCUT2D eigenvalue weighted by molar-refractivity contribution is 0.101. The minimum atomic E-state index is -0.232. The normalized spacial score (nSPS) is 17.2. The Bertz CT molecular complexity index is 1780. The minimum absolute atomic E-state index is 0.232. The van der Waals surface area contributed by atoms with Crippen LogP contribution in [-0.2, 0) is 7.05 Å². The average molecular weight is 567 g/mol. The fraction of sp³-hybridized carbons (Fsp3) is 0.364. The van der Waals surface area contributed by atoms with Crippen LogP contribution in [-0.4, -0.2) is 64.1 Å². The number of aryl methyl sites for hydroxylation is 2. The Hall–Kier alpha value is -4.37. The molecule has 1 aliphatic rings. The predicted octanol–water partition coefficient (Wildman–Crippen LogP) is 6.05. The third-order valence-corrected chi connectivity index (χ3v) is 8.78. The lowest BCUT2D eigenvalue weighted by atomic mass is 9.85. The summed E-state index contributed by atoms with van der Waals surface area (Å²) in [6.07, 6.45) is 8.42. The highest BCUT2D eigenvalue weighted by atomic mass is 16.5. The molecule has 218 valence electrons. The molecule has 6 rings (SSSR count). The zero-order valence-electron chi connectivity index (χ0n) is 25.1. The van der Waals surface area contributed by atoms with Crippen LogP contribution in [0.2, 0.25) is 0 Å². The molecule has 0 radical (unpaired) electrons. The molecule has 0 bridgehead atoms. The Kier molecular flexibility index (Phi) is 7.36. The van der Waals surface area contributed by atoms with Crippen molar-refractivity contribution in [1.82, 2.24) is 23.8 Å². The van der Waals surface area contributed by atoms with Gasteiger partial charge in [-0.05, 0) is 77.0 Å². The molecule has 5 aromatic rings. The number of nitrogens with zero attached hydrogens (tertiary/aromatic N) is 5. The Morgan fingerprint density at radius 3 is 2.50 bits per heavy atom. The number of amides is 1. The zero-order valence-corrected chi connectivity index (χ0v) is 25.1. The summed E-state index contributed by atoms with van der Waals surface area (Å²) in [6.45, 7) is 2.03. The molecule has 1 N–H and O–H groups in total. The Labute approximate surface area is 246 Å². The molecule has 42 heavy (non-hydrogen) atoms. The van der Waals surface area contributed by atoms with Gasteiger partial charge in [-0.3, -0.25) is 14.2 Å². The molecule has 0 aliphatic heterocycles. The van der Waals surface area contributed by atoms with Gasteiger partial charge in [0.25, 0.3) is 5.91 Å². The SMILES string of the molecule is COc1cc(-c2nc([C@H]3CC[C@H](N(C)C)CC3)n3ccnc(C)c23)ccc1NC(=O)c1cc2c(OC)cccc2n1C. The van der Waals surface area contributed by atoms with Gasteiger partial charge in [0.15, 0.2) is 0 Å². The second kappa shape index (κ2) is 11.1. The Morgan fingerprint density at radius 1 is 1.02 bits per heavy atom. The monoisotopic (exact) mass is 566 g/mol. The second-order valence-corrected chi connectivity index (χ2v) is 11.4. The van der Waals surface area contributed by atoms with Crippen LogP contribution in [0.1, 0.15) is 53.6 Å². The van der Waals surface area contributed by atoms with E-state index >= 15 is 0 Å². The molecule has 1 aliphatic carbocycles. The van der Waals surface area contributed by atoms with Gasteiger partial charge in [0.05, 0.1) is 42.3 Å². The summed E-state index contributed by atoms with van der Waals surface area (Å²) < 4.78 is 15.4. The molecule has 1 saturated carbocycles. The number of anilines is 1. The van der Waals surface area contributed by atoms with E-state index in [9.17, 15) is 4.79 Å². The number of nitrogens with one attached hydrogen (secondary N) is 1. The third kappa shape index (κ3) is 4.77. The quantitative estimate of drug-likeness (QED) is 0.258. The fourth-order valence-electron chi connectivity index (χ4n) is 6.42. The predicted molar refractivity (Wildman–Crippen MR) is 166 cm³/mol. The van der Waals surface area contributed by atoms with Crippen LogP contribution in [0.4, 0.5) is 5.69 Å². The van der Waals surface area contributed by atoms with E-state index in [0.717, 1.165) is 70.6 Å². The van der Waals surface area contributed by atoms with Gasteiger partial charge < -0.3 is 24.3 Å². The number of rotatable bonds is 7. The van der Waals surface area contributed by atoms with Crippen molar-refractivity contribution in [2.45, 2.75) is 44.6 Å². The van der Waals surface area contributed by atoms with Crippen LogP contribution >= 0.6 is 0 Å². The number of aromatic nitrogens is 4. The van der Waals surface area contributed by atoms with Crippen LogP contribution in [0, 0.1) is 6.92 Å². The summed E-state index contributed by atoms with van der Waals surface area (Å²) in [5.41, 5.74) is 5.76. The number of benzene rings is 2. The fourth-order valence-corrected chi connectivity index (χ4v) is 6.42. The van der Waals surface area contributed by atoms with E-state index in [4.69, 9.17) is 14.5 Å². The number of methoxy groups -OCH3 is 2. The smallest absolute Gasteiger partial charge is 0.272 e. The number of carbonyl (C=O) groups is 1. The van der Waals surface area contributed by atoms with Crippen molar-refractivity contribution >= 4 is 28.0 Å². The van der Waals surface area contributed by atoms with Gasteiger partial charge in [-0.25, -0.2) is 4.98 Å². The Morgan fingerprint density at radius 2 is 1.79 bits per heavy atom. The summed E-state index contributed by atoms with van der Waals surface area (Å²) in [6, 6.07) is 14.1. The van der Waals surface area contributed by atoms with Crippen molar-refractivity contribution in [3.8, 4) is 22.8 Å². The maximum atomic E-state index is 13.4. The number of hydrogen-bond acceptors (Lipinski definition) is 6. The van der Waals surface area contributed by atoms with Crippen LogP contribution < -0.4 is 14.8 Å². The Balaban J connectivity index is 1.33. The van der Waals surface area contributed by atoms with E-state index < -0.39 is 0 Å². The van der Waals surface area contributed by atoms with Gasteiger partial charge in [-0.1, -0.05) is 12.1 Å². The molecule has 0 saturated heterocycles. The largest absolute Gasteiger partial charge is 0.496 e. The van der Waals surface area contributed by atoms with Gasteiger partial charge in [-0.2, -0.15) is 0 Å². The molecule has 1 fully saturated rings.